The third-order valence-electron chi connectivity index (χ3n) is 4.30. The Morgan fingerprint density at radius 3 is 2.44 bits per heavy atom. The fraction of sp³-hybridized carbons (Fsp3) is 0.174. The number of carbonyl (C=O) groups is 1. The molecule has 0 aliphatic heterocycles. The number of nitrogens with one attached hydrogen (secondary N) is 1. The Morgan fingerprint density at radius 2 is 1.70 bits per heavy atom. The van der Waals surface area contributed by atoms with Crippen LogP contribution in [-0.4, -0.2) is 13.0 Å². The second-order valence-corrected chi connectivity index (χ2v) is 6.41. The van der Waals surface area contributed by atoms with Crippen molar-refractivity contribution in [2.45, 2.75) is 20.5 Å². The van der Waals surface area contributed by atoms with E-state index in [4.69, 9.17) is 9.47 Å². The van der Waals surface area contributed by atoms with Gasteiger partial charge in [0.1, 0.15) is 6.61 Å². The van der Waals surface area contributed by atoms with Crippen molar-refractivity contribution in [2.75, 3.05) is 12.4 Å². The first-order valence-electron chi connectivity index (χ1n) is 8.80. The molecular formula is C23H23NO3. The van der Waals surface area contributed by atoms with Crippen LogP contribution in [0.4, 0.5) is 5.69 Å². The van der Waals surface area contributed by atoms with E-state index in [-0.39, 0.29) is 5.91 Å². The predicted molar refractivity (Wildman–Crippen MR) is 108 cm³/mol. The SMILES string of the molecule is COc1cc(C(=O)Nc2cc(C)ccc2C)ccc1OCc1ccccc1. The van der Waals surface area contributed by atoms with E-state index < -0.39 is 0 Å². The van der Waals surface area contributed by atoms with Crippen molar-refractivity contribution in [1.82, 2.24) is 0 Å². The first kappa shape index (κ1) is 18.5. The van der Waals surface area contributed by atoms with Gasteiger partial charge in [0.15, 0.2) is 11.5 Å². The van der Waals surface area contributed by atoms with Gasteiger partial charge in [-0.1, -0.05) is 42.5 Å². The van der Waals surface area contributed by atoms with Crippen LogP contribution >= 0.6 is 0 Å². The van der Waals surface area contributed by atoms with Gasteiger partial charge in [-0.15, -0.1) is 0 Å². The first-order chi connectivity index (χ1) is 13.1. The Bertz CT molecular complexity index is 936. The molecule has 27 heavy (non-hydrogen) atoms. The highest BCUT2D eigenvalue weighted by Gasteiger charge is 2.13. The summed E-state index contributed by atoms with van der Waals surface area (Å²) in [7, 11) is 1.57. The topological polar surface area (TPSA) is 47.6 Å². The lowest BCUT2D eigenvalue weighted by Gasteiger charge is -2.13. The number of benzene rings is 3. The maximum Gasteiger partial charge on any atom is 0.255 e. The van der Waals surface area contributed by atoms with Gasteiger partial charge in [-0.05, 0) is 54.8 Å². The van der Waals surface area contributed by atoms with Crippen LogP contribution in [0, 0.1) is 13.8 Å². The molecule has 0 heterocycles. The maximum absolute atomic E-state index is 12.6. The maximum atomic E-state index is 12.6. The summed E-state index contributed by atoms with van der Waals surface area (Å²) in [5, 5.41) is 2.96. The van der Waals surface area contributed by atoms with Gasteiger partial charge in [-0.2, -0.15) is 0 Å². The molecule has 138 valence electrons. The molecular weight excluding hydrogens is 338 g/mol. The quantitative estimate of drug-likeness (QED) is 0.661. The Labute approximate surface area is 159 Å². The van der Waals surface area contributed by atoms with E-state index >= 15 is 0 Å². The lowest BCUT2D eigenvalue weighted by molar-refractivity contribution is 0.102. The molecule has 0 saturated heterocycles. The molecule has 0 atom stereocenters. The third-order valence-corrected chi connectivity index (χ3v) is 4.30. The predicted octanol–water partition coefficient (Wildman–Crippen LogP) is 5.14. The van der Waals surface area contributed by atoms with Crippen LogP contribution in [0.2, 0.25) is 0 Å². The second-order valence-electron chi connectivity index (χ2n) is 6.41. The second kappa shape index (κ2) is 8.41. The summed E-state index contributed by atoms with van der Waals surface area (Å²) in [5.74, 6) is 0.945. The van der Waals surface area contributed by atoms with E-state index in [0.717, 1.165) is 22.4 Å². The number of hydrogen-bond donors (Lipinski definition) is 1. The number of aryl methyl sites for hydroxylation is 2. The molecule has 3 aromatic carbocycles. The first-order valence-corrected chi connectivity index (χ1v) is 8.80. The molecule has 4 nitrogen and oxygen atoms in total. The molecule has 0 spiro atoms. The van der Waals surface area contributed by atoms with Gasteiger partial charge >= 0.3 is 0 Å². The molecule has 0 radical (unpaired) electrons. The highest BCUT2D eigenvalue weighted by molar-refractivity contribution is 6.05. The van der Waals surface area contributed by atoms with Crippen LogP contribution < -0.4 is 14.8 Å². The molecule has 0 bridgehead atoms. The molecule has 0 aliphatic rings. The van der Waals surface area contributed by atoms with Gasteiger partial charge < -0.3 is 14.8 Å². The highest BCUT2D eigenvalue weighted by atomic mass is 16.5. The molecule has 0 unspecified atom stereocenters. The number of carbonyl (C=O) groups excluding carboxylic acids is 1. The normalized spacial score (nSPS) is 10.3. The molecule has 0 fully saturated rings. The molecule has 0 aromatic heterocycles. The summed E-state index contributed by atoms with van der Waals surface area (Å²) in [5.41, 5.74) is 4.50. The molecule has 1 N–H and O–H groups in total. The molecule has 0 saturated carbocycles. The zero-order valence-electron chi connectivity index (χ0n) is 15.8. The molecule has 4 heteroatoms. The minimum Gasteiger partial charge on any atom is -0.493 e. The molecule has 0 aliphatic carbocycles. The van der Waals surface area contributed by atoms with E-state index in [2.05, 4.69) is 5.32 Å². The van der Waals surface area contributed by atoms with Crippen LogP contribution in [0.5, 0.6) is 11.5 Å². The number of anilines is 1. The van der Waals surface area contributed by atoms with Gasteiger partial charge in [0.05, 0.1) is 7.11 Å². The van der Waals surface area contributed by atoms with Gasteiger partial charge in [0, 0.05) is 11.3 Å². The van der Waals surface area contributed by atoms with Gasteiger partial charge in [-0.3, -0.25) is 4.79 Å². The zero-order valence-corrected chi connectivity index (χ0v) is 15.8. The summed E-state index contributed by atoms with van der Waals surface area (Å²) in [6, 6.07) is 21.1. The summed E-state index contributed by atoms with van der Waals surface area (Å²) in [4.78, 5) is 12.6. The zero-order chi connectivity index (χ0) is 19.2. The van der Waals surface area contributed by atoms with Gasteiger partial charge in [0.2, 0.25) is 0 Å². The molecule has 1 amide bonds. The van der Waals surface area contributed by atoms with E-state index in [1.165, 1.54) is 0 Å². The van der Waals surface area contributed by atoms with Crippen molar-refractivity contribution >= 4 is 11.6 Å². The molecule has 3 rings (SSSR count). The van der Waals surface area contributed by atoms with Crippen molar-refractivity contribution in [3.05, 3.63) is 89.0 Å². The van der Waals surface area contributed by atoms with Crippen LogP contribution in [-0.2, 0) is 6.61 Å². The lowest BCUT2D eigenvalue weighted by atomic mass is 10.1. The smallest absolute Gasteiger partial charge is 0.255 e. The van der Waals surface area contributed by atoms with Crippen molar-refractivity contribution in [3.8, 4) is 11.5 Å². The number of amides is 1. The van der Waals surface area contributed by atoms with Crippen molar-refractivity contribution in [3.63, 3.8) is 0 Å². The largest absolute Gasteiger partial charge is 0.493 e. The van der Waals surface area contributed by atoms with Crippen LogP contribution in [0.1, 0.15) is 27.0 Å². The Hall–Kier alpha value is -3.27. The number of methoxy groups -OCH3 is 1. The minimum absolute atomic E-state index is 0.184. The monoisotopic (exact) mass is 361 g/mol. The summed E-state index contributed by atoms with van der Waals surface area (Å²) >= 11 is 0. The number of ether oxygens (including phenoxy) is 2. The van der Waals surface area contributed by atoms with Crippen molar-refractivity contribution in [1.29, 1.82) is 0 Å². The van der Waals surface area contributed by atoms with Crippen LogP contribution in [0.25, 0.3) is 0 Å². The minimum atomic E-state index is -0.184. The fourth-order valence-electron chi connectivity index (χ4n) is 2.73. The lowest BCUT2D eigenvalue weighted by Crippen LogP contribution is -2.13. The summed E-state index contributed by atoms with van der Waals surface area (Å²) < 4.78 is 11.3. The average molecular weight is 361 g/mol. The van der Waals surface area contributed by atoms with E-state index in [0.29, 0.717) is 23.7 Å². The third kappa shape index (κ3) is 4.67. The van der Waals surface area contributed by atoms with E-state index in [1.807, 2.05) is 62.4 Å². The molecule has 3 aromatic rings. The van der Waals surface area contributed by atoms with E-state index in [1.54, 1.807) is 25.3 Å². The van der Waals surface area contributed by atoms with E-state index in [9.17, 15) is 4.79 Å². The van der Waals surface area contributed by atoms with Crippen molar-refractivity contribution in [2.24, 2.45) is 0 Å². The Morgan fingerprint density at radius 1 is 0.926 bits per heavy atom. The fourth-order valence-corrected chi connectivity index (χ4v) is 2.73. The standard InChI is InChI=1S/C23H23NO3/c1-16-9-10-17(2)20(13-16)24-23(25)19-11-12-21(22(14-19)26-3)27-15-18-7-5-4-6-8-18/h4-14H,15H2,1-3H3,(H,24,25). The van der Waals surface area contributed by atoms with Crippen molar-refractivity contribution < 1.29 is 14.3 Å². The summed E-state index contributed by atoms with van der Waals surface area (Å²) in [6.07, 6.45) is 0. The highest BCUT2D eigenvalue weighted by Crippen LogP contribution is 2.29. The number of hydrogen-bond acceptors (Lipinski definition) is 3. The Balaban J connectivity index is 1.74. The van der Waals surface area contributed by atoms with Gasteiger partial charge in [0.25, 0.3) is 5.91 Å². The number of rotatable bonds is 6. The average Bonchev–Trinajstić information content (AvgIpc) is 2.69. The Kier molecular flexibility index (Phi) is 5.77. The van der Waals surface area contributed by atoms with Crippen LogP contribution in [0.3, 0.4) is 0 Å². The van der Waals surface area contributed by atoms with Crippen LogP contribution in [0.15, 0.2) is 66.7 Å². The van der Waals surface area contributed by atoms with Gasteiger partial charge in [-0.25, -0.2) is 0 Å². The summed E-state index contributed by atoms with van der Waals surface area (Å²) in [6.45, 7) is 4.40.